The lowest BCUT2D eigenvalue weighted by atomic mass is 10.0. The van der Waals surface area contributed by atoms with Crippen LogP contribution in [0.4, 0.5) is 39.5 Å². The molecule has 118 valence electrons. The molecule has 0 radical (unpaired) electrons. The first kappa shape index (κ1) is 16.7. The van der Waals surface area contributed by atoms with E-state index in [0.29, 0.717) is 0 Å². The molecule has 0 fully saturated rings. The number of benzene rings is 2. The third-order valence-electron chi connectivity index (χ3n) is 2.67. The standard InChI is InChI=1S/C12BrF9/c13-3-8(18)4(14)1(5(15)9(3)19)2-6(16)10(20)12(22)11(21)7(2)17. The highest BCUT2D eigenvalue weighted by Crippen LogP contribution is 2.38. The van der Waals surface area contributed by atoms with Crippen LogP contribution in [0.5, 0.6) is 0 Å². The van der Waals surface area contributed by atoms with Gasteiger partial charge in [0.05, 0.1) is 15.6 Å². The molecule has 0 aromatic heterocycles. The lowest BCUT2D eigenvalue weighted by Crippen LogP contribution is -2.09. The average Bonchev–Trinajstić information content (AvgIpc) is 2.50. The van der Waals surface area contributed by atoms with Gasteiger partial charge in [-0.25, -0.2) is 39.5 Å². The van der Waals surface area contributed by atoms with Gasteiger partial charge < -0.3 is 0 Å². The predicted octanol–water partition coefficient (Wildman–Crippen LogP) is 5.37. The Morgan fingerprint density at radius 3 is 0.909 bits per heavy atom. The zero-order valence-corrected chi connectivity index (χ0v) is 11.4. The highest BCUT2D eigenvalue weighted by molar-refractivity contribution is 9.10. The molecule has 0 amide bonds. The number of hydrogen-bond donors (Lipinski definition) is 0. The zero-order chi connectivity index (χ0) is 16.9. The smallest absolute Gasteiger partial charge is 0.200 e. The van der Waals surface area contributed by atoms with Gasteiger partial charge in [0.25, 0.3) is 0 Å². The molecule has 0 aliphatic rings. The summed E-state index contributed by atoms with van der Waals surface area (Å²) >= 11 is 2.14. The van der Waals surface area contributed by atoms with E-state index in [1.54, 1.807) is 0 Å². The van der Waals surface area contributed by atoms with E-state index in [0.717, 1.165) is 0 Å². The van der Waals surface area contributed by atoms with Crippen molar-refractivity contribution in [1.29, 1.82) is 0 Å². The molecule has 0 bridgehead atoms. The van der Waals surface area contributed by atoms with Crippen LogP contribution in [0, 0.1) is 52.4 Å². The van der Waals surface area contributed by atoms with Crippen molar-refractivity contribution < 1.29 is 39.5 Å². The van der Waals surface area contributed by atoms with E-state index in [4.69, 9.17) is 0 Å². The summed E-state index contributed by atoms with van der Waals surface area (Å²) in [4.78, 5) is 0. The molecule has 0 atom stereocenters. The summed E-state index contributed by atoms with van der Waals surface area (Å²) in [6.07, 6.45) is 0. The lowest BCUT2D eigenvalue weighted by Gasteiger charge is -2.12. The van der Waals surface area contributed by atoms with Crippen LogP contribution in [-0.4, -0.2) is 0 Å². The van der Waals surface area contributed by atoms with Gasteiger partial charge in [-0.15, -0.1) is 0 Å². The fourth-order valence-electron chi connectivity index (χ4n) is 1.65. The van der Waals surface area contributed by atoms with Gasteiger partial charge >= 0.3 is 0 Å². The SMILES string of the molecule is Fc1c(F)c(F)c(-c2c(F)c(F)c(Br)c(F)c2F)c(F)c1F. The molecular weight excluding hydrogens is 395 g/mol. The van der Waals surface area contributed by atoms with Crippen molar-refractivity contribution in [2.24, 2.45) is 0 Å². The molecular formula is C12BrF9. The van der Waals surface area contributed by atoms with Gasteiger partial charge in [0.2, 0.25) is 5.82 Å². The summed E-state index contributed by atoms with van der Waals surface area (Å²) in [5.74, 6) is -21.7. The molecule has 0 heterocycles. The molecule has 0 spiro atoms. The van der Waals surface area contributed by atoms with E-state index in [1.165, 1.54) is 0 Å². The quantitative estimate of drug-likeness (QED) is 0.346. The van der Waals surface area contributed by atoms with Crippen LogP contribution < -0.4 is 0 Å². The van der Waals surface area contributed by atoms with Crippen molar-refractivity contribution in [2.75, 3.05) is 0 Å². The molecule has 2 rings (SSSR count). The van der Waals surface area contributed by atoms with Crippen LogP contribution in [0.1, 0.15) is 0 Å². The van der Waals surface area contributed by atoms with E-state index < -0.39 is 68.0 Å². The van der Waals surface area contributed by atoms with Gasteiger partial charge in [-0.1, -0.05) is 0 Å². The maximum atomic E-state index is 13.6. The van der Waals surface area contributed by atoms with Crippen LogP contribution in [-0.2, 0) is 0 Å². The third-order valence-corrected chi connectivity index (χ3v) is 3.37. The Kier molecular flexibility index (Phi) is 4.16. The molecule has 0 aliphatic heterocycles. The normalized spacial score (nSPS) is 11.2. The summed E-state index contributed by atoms with van der Waals surface area (Å²) in [5, 5.41) is 0. The lowest BCUT2D eigenvalue weighted by molar-refractivity contribution is 0.379. The summed E-state index contributed by atoms with van der Waals surface area (Å²) in [6, 6.07) is 0. The van der Waals surface area contributed by atoms with Crippen molar-refractivity contribution in [1.82, 2.24) is 0 Å². The molecule has 22 heavy (non-hydrogen) atoms. The molecule has 10 heteroatoms. The highest BCUT2D eigenvalue weighted by Gasteiger charge is 2.33. The van der Waals surface area contributed by atoms with Gasteiger partial charge in [0.15, 0.2) is 46.5 Å². The van der Waals surface area contributed by atoms with E-state index in [2.05, 4.69) is 15.9 Å². The minimum atomic E-state index is -2.60. The molecule has 0 N–H and O–H groups in total. The Bertz CT molecular complexity index is 675. The van der Waals surface area contributed by atoms with Crippen molar-refractivity contribution in [3.8, 4) is 11.1 Å². The van der Waals surface area contributed by atoms with Crippen LogP contribution in [0.25, 0.3) is 11.1 Å². The van der Waals surface area contributed by atoms with Crippen LogP contribution >= 0.6 is 15.9 Å². The summed E-state index contributed by atoms with van der Waals surface area (Å²) in [6.45, 7) is 0. The molecule has 0 saturated heterocycles. The topological polar surface area (TPSA) is 0 Å². The minimum absolute atomic E-state index is 1.34. The molecule has 0 unspecified atom stereocenters. The first-order valence-electron chi connectivity index (χ1n) is 5.14. The monoisotopic (exact) mass is 394 g/mol. The first-order chi connectivity index (χ1) is 10.1. The number of halogens is 10. The number of rotatable bonds is 1. The minimum Gasteiger partial charge on any atom is -0.203 e. The maximum absolute atomic E-state index is 13.6. The number of hydrogen-bond acceptors (Lipinski definition) is 0. The second-order valence-corrected chi connectivity index (χ2v) is 4.68. The summed E-state index contributed by atoms with van der Waals surface area (Å²) < 4.78 is 119. The Morgan fingerprint density at radius 2 is 0.591 bits per heavy atom. The average molecular weight is 395 g/mol. The summed E-state index contributed by atoms with van der Waals surface area (Å²) in [7, 11) is 0. The van der Waals surface area contributed by atoms with E-state index in [1.807, 2.05) is 0 Å². The van der Waals surface area contributed by atoms with E-state index in [9.17, 15) is 39.5 Å². The van der Waals surface area contributed by atoms with Gasteiger partial charge in [-0.05, 0) is 15.9 Å². The predicted molar refractivity (Wildman–Crippen MR) is 59.2 cm³/mol. The van der Waals surface area contributed by atoms with Gasteiger partial charge in [-0.3, -0.25) is 0 Å². The molecule has 2 aromatic carbocycles. The van der Waals surface area contributed by atoms with Gasteiger partial charge in [0, 0.05) is 0 Å². The van der Waals surface area contributed by atoms with E-state index in [-0.39, 0.29) is 0 Å². The second kappa shape index (κ2) is 5.49. The van der Waals surface area contributed by atoms with Crippen LogP contribution in [0.3, 0.4) is 0 Å². The van der Waals surface area contributed by atoms with Gasteiger partial charge in [-0.2, -0.15) is 0 Å². The Hall–Kier alpha value is -1.71. The molecule has 0 nitrogen and oxygen atoms in total. The fraction of sp³-hybridized carbons (Fsp3) is 0. The van der Waals surface area contributed by atoms with Crippen molar-refractivity contribution in [3.63, 3.8) is 0 Å². The van der Waals surface area contributed by atoms with Crippen LogP contribution in [0.15, 0.2) is 4.47 Å². The Morgan fingerprint density at radius 1 is 0.364 bits per heavy atom. The van der Waals surface area contributed by atoms with Crippen LogP contribution in [0.2, 0.25) is 0 Å². The second-order valence-electron chi connectivity index (χ2n) is 3.89. The van der Waals surface area contributed by atoms with Crippen molar-refractivity contribution in [2.45, 2.75) is 0 Å². The first-order valence-corrected chi connectivity index (χ1v) is 5.93. The largest absolute Gasteiger partial charge is 0.203 e. The molecule has 2 aromatic rings. The Balaban J connectivity index is 3.03. The zero-order valence-electron chi connectivity index (χ0n) is 9.78. The Labute approximate surface area is 124 Å². The highest BCUT2D eigenvalue weighted by atomic mass is 79.9. The fourth-order valence-corrected chi connectivity index (χ4v) is 2.00. The molecule has 0 saturated carbocycles. The van der Waals surface area contributed by atoms with Crippen molar-refractivity contribution in [3.05, 3.63) is 56.8 Å². The molecule has 0 aliphatic carbocycles. The van der Waals surface area contributed by atoms with Gasteiger partial charge in [0.1, 0.15) is 0 Å². The van der Waals surface area contributed by atoms with Crippen molar-refractivity contribution >= 4 is 15.9 Å². The van der Waals surface area contributed by atoms with E-state index >= 15 is 0 Å². The maximum Gasteiger partial charge on any atom is 0.200 e. The summed E-state index contributed by atoms with van der Waals surface area (Å²) in [5.41, 5.74) is -4.16. The third kappa shape index (κ3) is 2.16.